The summed E-state index contributed by atoms with van der Waals surface area (Å²) in [5.41, 5.74) is 5.60. The zero-order valence-electron chi connectivity index (χ0n) is 8.95. The number of rotatable bonds is 1. The lowest BCUT2D eigenvalue weighted by Gasteiger charge is -2.41. The molecule has 80 valence electrons. The molecular weight excluding hydrogens is 180 g/mol. The van der Waals surface area contributed by atoms with Crippen LogP contribution in [-0.2, 0) is 4.79 Å². The highest BCUT2D eigenvalue weighted by molar-refractivity contribution is 5.91. The van der Waals surface area contributed by atoms with Gasteiger partial charge in [-0.1, -0.05) is 0 Å². The molecule has 1 rings (SSSR count). The number of primary amides is 1. The maximum Gasteiger partial charge on any atom is 0.246 e. The number of hydrogen-bond acceptors (Lipinski definition) is 3. The molecule has 1 heterocycles. The minimum Gasteiger partial charge on any atom is -0.374 e. The van der Waals surface area contributed by atoms with Crippen molar-refractivity contribution in [3.63, 3.8) is 0 Å². The maximum absolute atomic E-state index is 11.0. The molecule has 0 aromatic carbocycles. The van der Waals surface area contributed by atoms with E-state index in [9.17, 15) is 9.90 Å². The minimum atomic E-state index is -0.516. The molecule has 14 heavy (non-hydrogen) atoms. The molecule has 0 saturated heterocycles. The molecule has 1 atom stereocenters. The van der Waals surface area contributed by atoms with Gasteiger partial charge in [-0.15, -0.1) is 0 Å². The predicted octanol–water partition coefficient (Wildman–Crippen LogP) is 0.568. The molecule has 0 radical (unpaired) electrons. The number of hydrogen-bond donors (Lipinski definition) is 2. The van der Waals surface area contributed by atoms with Crippen molar-refractivity contribution < 1.29 is 9.90 Å². The summed E-state index contributed by atoms with van der Waals surface area (Å²) in [6.07, 6.45) is 2.28. The first-order chi connectivity index (χ1) is 6.32. The van der Waals surface area contributed by atoms with Crippen LogP contribution in [0.1, 0.15) is 33.6 Å². The van der Waals surface area contributed by atoms with Gasteiger partial charge in [-0.05, 0) is 33.6 Å². The van der Waals surface area contributed by atoms with E-state index in [-0.39, 0.29) is 5.54 Å². The third kappa shape index (κ3) is 2.26. The summed E-state index contributed by atoms with van der Waals surface area (Å²) in [7, 11) is 0. The first-order valence-corrected chi connectivity index (χ1v) is 4.79. The smallest absolute Gasteiger partial charge is 0.246 e. The van der Waals surface area contributed by atoms with Gasteiger partial charge in [-0.3, -0.25) is 4.79 Å². The lowest BCUT2D eigenvalue weighted by Crippen LogP contribution is -2.47. The second kappa shape index (κ2) is 3.61. The van der Waals surface area contributed by atoms with Crippen molar-refractivity contribution in [1.29, 1.82) is 0 Å². The van der Waals surface area contributed by atoms with Crippen molar-refractivity contribution in [1.82, 2.24) is 4.90 Å². The largest absolute Gasteiger partial charge is 0.374 e. The molecule has 3 N–H and O–H groups in total. The van der Waals surface area contributed by atoms with Gasteiger partial charge in [0.05, 0.1) is 0 Å². The summed E-state index contributed by atoms with van der Waals surface area (Å²) in [5, 5.41) is 9.73. The number of aliphatic hydroxyl groups excluding tert-OH is 1. The first-order valence-electron chi connectivity index (χ1n) is 4.79. The number of carbonyl (C=O) groups excluding carboxylic acids is 1. The second-order valence-corrected chi connectivity index (χ2v) is 4.62. The SMILES string of the molecule is CC(C)(C)N1C=C(C(N)=O)CCC1O. The lowest BCUT2D eigenvalue weighted by molar-refractivity contribution is -0.115. The quantitative estimate of drug-likeness (QED) is 0.647. The molecule has 1 unspecified atom stereocenters. The Morgan fingerprint density at radius 1 is 1.64 bits per heavy atom. The van der Waals surface area contributed by atoms with Gasteiger partial charge in [0.1, 0.15) is 6.23 Å². The van der Waals surface area contributed by atoms with Crippen LogP contribution in [0.25, 0.3) is 0 Å². The highest BCUT2D eigenvalue weighted by Crippen LogP contribution is 2.26. The van der Waals surface area contributed by atoms with Gasteiger partial charge < -0.3 is 15.7 Å². The van der Waals surface area contributed by atoms with E-state index in [1.165, 1.54) is 0 Å². The molecule has 0 spiro atoms. The topological polar surface area (TPSA) is 66.6 Å². The van der Waals surface area contributed by atoms with Crippen LogP contribution in [0.4, 0.5) is 0 Å². The molecule has 1 aliphatic heterocycles. The third-order valence-electron chi connectivity index (χ3n) is 2.38. The Hall–Kier alpha value is -1.03. The van der Waals surface area contributed by atoms with Crippen LogP contribution in [0.5, 0.6) is 0 Å². The van der Waals surface area contributed by atoms with Gasteiger partial charge in [0.25, 0.3) is 0 Å². The zero-order chi connectivity index (χ0) is 10.9. The zero-order valence-corrected chi connectivity index (χ0v) is 8.95. The summed E-state index contributed by atoms with van der Waals surface area (Å²) in [6.45, 7) is 5.95. The Morgan fingerprint density at radius 3 is 2.64 bits per heavy atom. The van der Waals surface area contributed by atoms with Gasteiger partial charge in [0, 0.05) is 17.3 Å². The van der Waals surface area contributed by atoms with E-state index in [0.717, 1.165) is 0 Å². The van der Waals surface area contributed by atoms with Crippen molar-refractivity contribution in [3.05, 3.63) is 11.8 Å². The number of carbonyl (C=O) groups is 1. The fraction of sp³-hybridized carbons (Fsp3) is 0.700. The van der Waals surface area contributed by atoms with E-state index < -0.39 is 12.1 Å². The second-order valence-electron chi connectivity index (χ2n) is 4.62. The van der Waals surface area contributed by atoms with Crippen LogP contribution in [0, 0.1) is 0 Å². The van der Waals surface area contributed by atoms with E-state index in [1.807, 2.05) is 20.8 Å². The Balaban J connectivity index is 2.92. The molecule has 0 aromatic rings. The third-order valence-corrected chi connectivity index (χ3v) is 2.38. The number of aliphatic hydroxyl groups is 1. The molecule has 1 aliphatic rings. The van der Waals surface area contributed by atoms with Crippen LogP contribution in [-0.4, -0.2) is 27.7 Å². The van der Waals surface area contributed by atoms with Crippen molar-refractivity contribution in [2.24, 2.45) is 5.73 Å². The molecule has 0 saturated carbocycles. The van der Waals surface area contributed by atoms with Crippen molar-refractivity contribution in [3.8, 4) is 0 Å². The van der Waals surface area contributed by atoms with E-state index >= 15 is 0 Å². The van der Waals surface area contributed by atoms with Crippen molar-refractivity contribution in [2.45, 2.75) is 45.4 Å². The van der Waals surface area contributed by atoms with Crippen molar-refractivity contribution in [2.75, 3.05) is 0 Å². The van der Waals surface area contributed by atoms with Gasteiger partial charge >= 0.3 is 0 Å². The number of amides is 1. The summed E-state index contributed by atoms with van der Waals surface area (Å²) in [5.74, 6) is -0.397. The Kier molecular flexibility index (Phi) is 2.85. The van der Waals surface area contributed by atoms with Crippen LogP contribution in [0.15, 0.2) is 11.8 Å². The molecule has 0 aromatic heterocycles. The number of nitrogens with two attached hydrogens (primary N) is 1. The molecule has 0 aliphatic carbocycles. The Bertz CT molecular complexity index is 266. The summed E-state index contributed by atoms with van der Waals surface area (Å²) < 4.78 is 0. The highest BCUT2D eigenvalue weighted by Gasteiger charge is 2.29. The van der Waals surface area contributed by atoms with Crippen LogP contribution in [0.2, 0.25) is 0 Å². The average Bonchev–Trinajstić information content (AvgIpc) is 2.02. The maximum atomic E-state index is 11.0. The Labute approximate surface area is 84.4 Å². The van der Waals surface area contributed by atoms with Gasteiger partial charge in [-0.25, -0.2) is 0 Å². The fourth-order valence-electron chi connectivity index (χ4n) is 1.57. The fourth-order valence-corrected chi connectivity index (χ4v) is 1.57. The van der Waals surface area contributed by atoms with E-state index in [2.05, 4.69) is 0 Å². The Morgan fingerprint density at radius 2 is 2.21 bits per heavy atom. The molecule has 1 amide bonds. The highest BCUT2D eigenvalue weighted by atomic mass is 16.3. The summed E-state index contributed by atoms with van der Waals surface area (Å²) >= 11 is 0. The molecular formula is C10H18N2O2. The predicted molar refractivity (Wildman–Crippen MR) is 54.1 cm³/mol. The average molecular weight is 198 g/mol. The van der Waals surface area contributed by atoms with Gasteiger partial charge in [-0.2, -0.15) is 0 Å². The lowest BCUT2D eigenvalue weighted by atomic mass is 9.99. The molecule has 4 heteroatoms. The van der Waals surface area contributed by atoms with Crippen molar-refractivity contribution >= 4 is 5.91 Å². The van der Waals surface area contributed by atoms with E-state index in [1.54, 1.807) is 11.1 Å². The summed E-state index contributed by atoms with van der Waals surface area (Å²) in [4.78, 5) is 12.8. The normalized spacial score (nSPS) is 23.3. The minimum absolute atomic E-state index is 0.194. The van der Waals surface area contributed by atoms with Gasteiger partial charge in [0.2, 0.25) is 5.91 Å². The van der Waals surface area contributed by atoms with E-state index in [4.69, 9.17) is 5.73 Å². The summed E-state index contributed by atoms with van der Waals surface area (Å²) in [6, 6.07) is 0. The first kappa shape index (κ1) is 11.0. The van der Waals surface area contributed by atoms with Crippen LogP contribution >= 0.6 is 0 Å². The molecule has 4 nitrogen and oxygen atoms in total. The number of nitrogens with zero attached hydrogens (tertiary/aromatic N) is 1. The standard InChI is InChI=1S/C10H18N2O2/c1-10(2,3)12-6-7(9(11)14)4-5-8(12)13/h6,8,13H,4-5H2,1-3H3,(H2,11,14). The monoisotopic (exact) mass is 198 g/mol. The van der Waals surface area contributed by atoms with Gasteiger partial charge in [0.15, 0.2) is 0 Å². The van der Waals surface area contributed by atoms with Crippen LogP contribution in [0.3, 0.4) is 0 Å². The molecule has 0 fully saturated rings. The molecule has 0 bridgehead atoms. The van der Waals surface area contributed by atoms with E-state index in [0.29, 0.717) is 18.4 Å². The van der Waals surface area contributed by atoms with Crippen LogP contribution < -0.4 is 5.73 Å².